The number of benzene rings is 1. The SMILES string of the molecule is COc1ccc(NC(=O)Cn2cnc([N+](=O)[O-])n2)cc1Cl. The smallest absolute Gasteiger partial charge is 0.490 e. The molecule has 0 unspecified atom stereocenters. The monoisotopic (exact) mass is 311 g/mol. The number of amides is 1. The van der Waals surface area contributed by atoms with Gasteiger partial charge >= 0.3 is 5.95 Å². The summed E-state index contributed by atoms with van der Waals surface area (Å²) in [5.74, 6) is -0.493. The normalized spacial score (nSPS) is 10.2. The fourth-order valence-electron chi connectivity index (χ4n) is 1.54. The lowest BCUT2D eigenvalue weighted by Gasteiger charge is -2.07. The number of nitrogens with one attached hydrogen (secondary N) is 1. The van der Waals surface area contributed by atoms with E-state index in [1.807, 2.05) is 0 Å². The molecule has 1 aromatic heterocycles. The zero-order valence-electron chi connectivity index (χ0n) is 10.8. The van der Waals surface area contributed by atoms with Crippen molar-refractivity contribution in [3.05, 3.63) is 39.7 Å². The lowest BCUT2D eigenvalue weighted by atomic mass is 10.3. The van der Waals surface area contributed by atoms with E-state index < -0.39 is 16.8 Å². The van der Waals surface area contributed by atoms with E-state index in [1.165, 1.54) is 13.2 Å². The van der Waals surface area contributed by atoms with Crippen LogP contribution in [-0.2, 0) is 11.3 Å². The van der Waals surface area contributed by atoms with Gasteiger partial charge in [-0.3, -0.25) is 4.79 Å². The summed E-state index contributed by atoms with van der Waals surface area (Å²) in [4.78, 5) is 24.9. The summed E-state index contributed by atoms with van der Waals surface area (Å²) in [7, 11) is 1.48. The van der Waals surface area contributed by atoms with Crippen molar-refractivity contribution in [2.24, 2.45) is 0 Å². The van der Waals surface area contributed by atoms with Gasteiger partial charge in [-0.1, -0.05) is 16.6 Å². The van der Waals surface area contributed by atoms with Crippen LogP contribution in [0.3, 0.4) is 0 Å². The van der Waals surface area contributed by atoms with Crippen molar-refractivity contribution in [2.75, 3.05) is 12.4 Å². The predicted molar refractivity (Wildman–Crippen MR) is 73.3 cm³/mol. The van der Waals surface area contributed by atoms with E-state index in [0.717, 1.165) is 11.0 Å². The molecule has 0 atom stereocenters. The summed E-state index contributed by atoms with van der Waals surface area (Å²) in [6, 6.07) is 4.76. The predicted octanol–water partition coefficient (Wildman–Crippen LogP) is 1.49. The van der Waals surface area contributed by atoms with E-state index in [2.05, 4.69) is 15.4 Å². The van der Waals surface area contributed by atoms with Gasteiger partial charge in [0.1, 0.15) is 12.3 Å². The molecule has 2 rings (SSSR count). The number of nitrogens with zero attached hydrogens (tertiary/aromatic N) is 4. The van der Waals surface area contributed by atoms with Crippen molar-refractivity contribution >= 4 is 29.1 Å². The van der Waals surface area contributed by atoms with E-state index in [1.54, 1.807) is 12.1 Å². The average Bonchev–Trinajstić information content (AvgIpc) is 2.87. The minimum Gasteiger partial charge on any atom is -0.495 e. The number of rotatable bonds is 5. The molecule has 2 aromatic rings. The van der Waals surface area contributed by atoms with Crippen LogP contribution in [0.15, 0.2) is 24.5 Å². The molecular formula is C11H10ClN5O4. The van der Waals surface area contributed by atoms with Gasteiger partial charge < -0.3 is 20.2 Å². The van der Waals surface area contributed by atoms with Gasteiger partial charge in [-0.25, -0.2) is 0 Å². The largest absolute Gasteiger partial charge is 0.495 e. The topological polar surface area (TPSA) is 112 Å². The molecule has 1 amide bonds. The Balaban J connectivity index is 2.01. The maximum absolute atomic E-state index is 11.8. The van der Waals surface area contributed by atoms with E-state index in [4.69, 9.17) is 16.3 Å². The maximum atomic E-state index is 11.8. The van der Waals surface area contributed by atoms with Gasteiger partial charge in [-0.05, 0) is 23.1 Å². The van der Waals surface area contributed by atoms with Gasteiger partial charge in [0.15, 0.2) is 0 Å². The highest BCUT2D eigenvalue weighted by atomic mass is 35.5. The minimum atomic E-state index is -0.738. The molecule has 0 spiro atoms. The molecule has 0 radical (unpaired) electrons. The Labute approximate surface area is 123 Å². The second kappa shape index (κ2) is 6.18. The van der Waals surface area contributed by atoms with Crippen LogP contribution in [0.5, 0.6) is 5.75 Å². The highest BCUT2D eigenvalue weighted by Gasteiger charge is 2.15. The third-order valence-corrected chi connectivity index (χ3v) is 2.72. The molecule has 0 fully saturated rings. The molecule has 0 aliphatic carbocycles. The molecule has 0 bridgehead atoms. The highest BCUT2D eigenvalue weighted by Crippen LogP contribution is 2.27. The Hall–Kier alpha value is -2.68. The lowest BCUT2D eigenvalue weighted by molar-refractivity contribution is -0.394. The Bertz CT molecular complexity index is 687. The molecule has 1 N–H and O–H groups in total. The number of carbonyl (C=O) groups excluding carboxylic acids is 1. The van der Waals surface area contributed by atoms with Crippen LogP contribution >= 0.6 is 11.6 Å². The Morgan fingerprint density at radius 3 is 2.90 bits per heavy atom. The van der Waals surface area contributed by atoms with Gasteiger partial charge in [0.05, 0.1) is 12.1 Å². The Kier molecular flexibility index (Phi) is 4.33. The molecule has 21 heavy (non-hydrogen) atoms. The van der Waals surface area contributed by atoms with E-state index >= 15 is 0 Å². The highest BCUT2D eigenvalue weighted by molar-refractivity contribution is 6.32. The van der Waals surface area contributed by atoms with Gasteiger partial charge in [-0.15, -0.1) is 0 Å². The van der Waals surface area contributed by atoms with Crippen LogP contribution in [0.25, 0.3) is 0 Å². The zero-order valence-corrected chi connectivity index (χ0v) is 11.6. The Morgan fingerprint density at radius 1 is 1.57 bits per heavy atom. The lowest BCUT2D eigenvalue weighted by Crippen LogP contribution is -2.19. The third kappa shape index (κ3) is 3.66. The number of aromatic nitrogens is 3. The summed E-state index contributed by atoms with van der Waals surface area (Å²) in [6.07, 6.45) is 1.11. The molecule has 1 aromatic carbocycles. The van der Waals surface area contributed by atoms with E-state index in [-0.39, 0.29) is 6.54 Å². The first-order valence-electron chi connectivity index (χ1n) is 5.67. The van der Waals surface area contributed by atoms with Crippen molar-refractivity contribution in [3.63, 3.8) is 0 Å². The molecule has 1 heterocycles. The number of anilines is 1. The van der Waals surface area contributed by atoms with E-state index in [9.17, 15) is 14.9 Å². The molecular weight excluding hydrogens is 302 g/mol. The van der Waals surface area contributed by atoms with Crippen LogP contribution in [0.4, 0.5) is 11.6 Å². The number of nitro groups is 1. The number of methoxy groups -OCH3 is 1. The maximum Gasteiger partial charge on any atom is 0.490 e. The number of hydrogen-bond acceptors (Lipinski definition) is 6. The van der Waals surface area contributed by atoms with Crippen LogP contribution in [-0.4, -0.2) is 32.7 Å². The van der Waals surface area contributed by atoms with Gasteiger partial charge in [0, 0.05) is 10.8 Å². The zero-order chi connectivity index (χ0) is 15.4. The first-order valence-corrected chi connectivity index (χ1v) is 6.04. The molecule has 10 heteroatoms. The second-order valence-electron chi connectivity index (χ2n) is 3.90. The standard InChI is InChI=1S/C11H10ClN5O4/c1-21-9-3-2-7(4-8(9)12)14-10(18)5-16-6-13-11(15-16)17(19)20/h2-4,6H,5H2,1H3,(H,14,18). The number of ether oxygens (including phenoxy) is 1. The minimum absolute atomic E-state index is 0.204. The van der Waals surface area contributed by atoms with Crippen molar-refractivity contribution in [1.82, 2.24) is 14.8 Å². The van der Waals surface area contributed by atoms with Crippen LogP contribution in [0.2, 0.25) is 5.02 Å². The molecule has 0 aliphatic rings. The van der Waals surface area contributed by atoms with Crippen LogP contribution in [0, 0.1) is 10.1 Å². The molecule has 0 aliphatic heterocycles. The summed E-state index contributed by atoms with van der Waals surface area (Å²) in [6.45, 7) is -0.204. The van der Waals surface area contributed by atoms with Crippen LogP contribution < -0.4 is 10.1 Å². The Morgan fingerprint density at radius 2 is 2.33 bits per heavy atom. The summed E-state index contributed by atoms with van der Waals surface area (Å²) in [5.41, 5.74) is 0.473. The summed E-state index contributed by atoms with van der Waals surface area (Å²) in [5, 5.41) is 16.9. The van der Waals surface area contributed by atoms with Gasteiger partial charge in [0.25, 0.3) is 0 Å². The molecule has 110 valence electrons. The van der Waals surface area contributed by atoms with Gasteiger partial charge in [-0.2, -0.15) is 4.68 Å². The summed E-state index contributed by atoms with van der Waals surface area (Å²) >= 11 is 5.93. The fraction of sp³-hybridized carbons (Fsp3) is 0.182. The number of hydrogen-bond donors (Lipinski definition) is 1. The second-order valence-corrected chi connectivity index (χ2v) is 4.30. The average molecular weight is 312 g/mol. The molecule has 0 saturated carbocycles. The first kappa shape index (κ1) is 14.7. The quantitative estimate of drug-likeness (QED) is 0.661. The first-order chi connectivity index (χ1) is 9.99. The number of halogens is 1. The summed E-state index contributed by atoms with van der Waals surface area (Å²) < 4.78 is 6.06. The van der Waals surface area contributed by atoms with Crippen LogP contribution in [0.1, 0.15) is 0 Å². The van der Waals surface area contributed by atoms with Crippen molar-refractivity contribution < 1.29 is 14.5 Å². The molecule has 0 saturated heterocycles. The fourth-order valence-corrected chi connectivity index (χ4v) is 1.79. The number of carbonyl (C=O) groups is 1. The molecule has 9 nitrogen and oxygen atoms in total. The van der Waals surface area contributed by atoms with Crippen molar-refractivity contribution in [1.29, 1.82) is 0 Å². The third-order valence-electron chi connectivity index (χ3n) is 2.43. The van der Waals surface area contributed by atoms with Gasteiger partial charge in [0.2, 0.25) is 12.2 Å². The van der Waals surface area contributed by atoms with Crippen molar-refractivity contribution in [2.45, 2.75) is 6.54 Å². The van der Waals surface area contributed by atoms with E-state index in [0.29, 0.717) is 16.5 Å². The van der Waals surface area contributed by atoms with Crippen molar-refractivity contribution in [3.8, 4) is 5.75 Å².